The van der Waals surface area contributed by atoms with Crippen LogP contribution in [0.1, 0.15) is 6.42 Å². The second-order valence-corrected chi connectivity index (χ2v) is 1.99. The van der Waals surface area contributed by atoms with Crippen LogP contribution in [0.4, 0.5) is 22.0 Å². The number of alkyl halides is 5. The van der Waals surface area contributed by atoms with Crippen molar-refractivity contribution >= 4 is 0 Å². The summed E-state index contributed by atoms with van der Waals surface area (Å²) in [5, 5.41) is 0. The van der Waals surface area contributed by atoms with Gasteiger partial charge in [0.1, 0.15) is 0 Å². The molecule has 0 aromatic carbocycles. The molecule has 0 N–H and O–H groups in total. The first-order chi connectivity index (χ1) is 4.91. The zero-order valence-electron chi connectivity index (χ0n) is 5.54. The van der Waals surface area contributed by atoms with Crippen molar-refractivity contribution in [2.75, 3.05) is 0 Å². The summed E-state index contributed by atoms with van der Waals surface area (Å²) in [5.74, 6) is -4.00. The molecule has 0 spiro atoms. The highest BCUT2D eigenvalue weighted by molar-refractivity contribution is 4.85. The average Bonchev–Trinajstić information content (AvgIpc) is 1.86. The van der Waals surface area contributed by atoms with Crippen LogP contribution < -0.4 is 0 Å². The molecule has 0 aliphatic rings. The molecule has 0 nitrogen and oxygen atoms in total. The maximum absolute atomic E-state index is 12.1. The summed E-state index contributed by atoms with van der Waals surface area (Å²) < 4.78 is 58.9. The third-order valence-corrected chi connectivity index (χ3v) is 1.04. The molecule has 66 valence electrons. The molecule has 0 saturated heterocycles. The van der Waals surface area contributed by atoms with E-state index in [0.29, 0.717) is 6.08 Å². The molecule has 0 amide bonds. The highest BCUT2D eigenvalue weighted by Crippen LogP contribution is 2.29. The molecule has 0 saturated carbocycles. The Morgan fingerprint density at radius 2 is 1.73 bits per heavy atom. The van der Waals surface area contributed by atoms with Gasteiger partial charge in [-0.1, -0.05) is 6.08 Å². The maximum atomic E-state index is 12.1. The fraction of sp³-hybridized carbons (Fsp3) is 0.667. The molecule has 0 aromatic rings. The van der Waals surface area contributed by atoms with Gasteiger partial charge in [-0.15, -0.1) is 6.58 Å². The normalized spacial score (nSPS) is 15.1. The van der Waals surface area contributed by atoms with Gasteiger partial charge in [-0.25, -0.2) is 22.0 Å². The Hall–Kier alpha value is -0.610. The van der Waals surface area contributed by atoms with Gasteiger partial charge in [0.05, 0.1) is 0 Å². The van der Waals surface area contributed by atoms with Gasteiger partial charge >= 0.3 is 0 Å². The van der Waals surface area contributed by atoms with Crippen molar-refractivity contribution in [3.05, 3.63) is 12.7 Å². The van der Waals surface area contributed by atoms with E-state index < -0.39 is 24.9 Å². The second-order valence-electron chi connectivity index (χ2n) is 1.99. The predicted molar refractivity (Wildman–Crippen MR) is 30.7 cm³/mol. The average molecular weight is 174 g/mol. The molecule has 0 radical (unpaired) electrons. The van der Waals surface area contributed by atoms with E-state index in [4.69, 9.17) is 0 Å². The Bertz CT molecular complexity index is 131. The fourth-order valence-electron chi connectivity index (χ4n) is 0.489. The van der Waals surface area contributed by atoms with Crippen molar-refractivity contribution in [1.29, 1.82) is 0 Å². The molecule has 0 rings (SSSR count). The van der Waals surface area contributed by atoms with E-state index in [0.717, 1.165) is 0 Å². The zero-order chi connectivity index (χ0) is 9.07. The lowest BCUT2D eigenvalue weighted by atomic mass is 10.1. The Morgan fingerprint density at radius 1 is 1.27 bits per heavy atom. The lowest BCUT2D eigenvalue weighted by Gasteiger charge is -2.17. The van der Waals surface area contributed by atoms with Gasteiger partial charge in [0.25, 0.3) is 12.3 Å². The van der Waals surface area contributed by atoms with Crippen LogP contribution in [-0.4, -0.2) is 18.5 Å². The van der Waals surface area contributed by atoms with Gasteiger partial charge in [0.15, 0.2) is 0 Å². The van der Waals surface area contributed by atoms with Gasteiger partial charge in [0.2, 0.25) is 6.17 Å². The Labute approximate surface area is 60.7 Å². The minimum atomic E-state index is -4.00. The van der Waals surface area contributed by atoms with E-state index in [9.17, 15) is 22.0 Å². The first-order valence-electron chi connectivity index (χ1n) is 2.82. The van der Waals surface area contributed by atoms with Gasteiger partial charge < -0.3 is 0 Å². The summed E-state index contributed by atoms with van der Waals surface area (Å²) >= 11 is 0. The second kappa shape index (κ2) is 3.69. The standard InChI is InChI=1S/C6H7F5/c1-2-3-6(10,11)4(7)5(8)9/h2,4-5H,1,3H2. The van der Waals surface area contributed by atoms with Gasteiger partial charge in [-0.05, 0) is 0 Å². The molecule has 5 heteroatoms. The van der Waals surface area contributed by atoms with Crippen molar-refractivity contribution < 1.29 is 22.0 Å². The number of hydrogen-bond acceptors (Lipinski definition) is 0. The molecule has 0 heterocycles. The van der Waals surface area contributed by atoms with Crippen molar-refractivity contribution in [2.45, 2.75) is 24.9 Å². The van der Waals surface area contributed by atoms with Crippen molar-refractivity contribution in [3.8, 4) is 0 Å². The monoisotopic (exact) mass is 174 g/mol. The minimum absolute atomic E-state index is 0.703. The zero-order valence-corrected chi connectivity index (χ0v) is 5.54. The SMILES string of the molecule is C=CCC(F)(F)C(F)C(F)F. The molecule has 11 heavy (non-hydrogen) atoms. The molecular weight excluding hydrogens is 167 g/mol. The lowest BCUT2D eigenvalue weighted by Crippen LogP contribution is -2.34. The van der Waals surface area contributed by atoms with Crippen LogP contribution in [-0.2, 0) is 0 Å². The summed E-state index contributed by atoms with van der Waals surface area (Å²) in [6, 6.07) is 0. The summed E-state index contributed by atoms with van der Waals surface area (Å²) in [6.45, 7) is 2.90. The van der Waals surface area contributed by atoms with Crippen LogP contribution in [0.5, 0.6) is 0 Å². The topological polar surface area (TPSA) is 0 Å². The van der Waals surface area contributed by atoms with Crippen molar-refractivity contribution in [1.82, 2.24) is 0 Å². The van der Waals surface area contributed by atoms with Crippen molar-refractivity contribution in [2.24, 2.45) is 0 Å². The van der Waals surface area contributed by atoms with Crippen LogP contribution in [0.25, 0.3) is 0 Å². The molecular formula is C6H7F5. The van der Waals surface area contributed by atoms with E-state index in [2.05, 4.69) is 6.58 Å². The third-order valence-electron chi connectivity index (χ3n) is 1.04. The summed E-state index contributed by atoms with van der Waals surface area (Å²) in [7, 11) is 0. The van der Waals surface area contributed by atoms with Crippen LogP contribution in [0.15, 0.2) is 12.7 Å². The highest BCUT2D eigenvalue weighted by Gasteiger charge is 2.44. The van der Waals surface area contributed by atoms with Crippen LogP contribution in [0, 0.1) is 0 Å². The van der Waals surface area contributed by atoms with Crippen LogP contribution in [0.2, 0.25) is 0 Å². The van der Waals surface area contributed by atoms with Crippen LogP contribution >= 0.6 is 0 Å². The van der Waals surface area contributed by atoms with E-state index in [1.165, 1.54) is 0 Å². The molecule has 0 aliphatic carbocycles. The number of allylic oxidation sites excluding steroid dienone is 1. The fourth-order valence-corrected chi connectivity index (χ4v) is 0.489. The summed E-state index contributed by atoms with van der Waals surface area (Å²) in [4.78, 5) is 0. The van der Waals surface area contributed by atoms with E-state index >= 15 is 0 Å². The first-order valence-corrected chi connectivity index (χ1v) is 2.82. The Morgan fingerprint density at radius 3 is 2.00 bits per heavy atom. The summed E-state index contributed by atoms with van der Waals surface area (Å²) in [6.07, 6.45) is -7.42. The van der Waals surface area contributed by atoms with E-state index in [1.54, 1.807) is 0 Å². The molecule has 0 fully saturated rings. The molecule has 0 aliphatic heterocycles. The largest absolute Gasteiger partial charge is 0.287 e. The van der Waals surface area contributed by atoms with Crippen molar-refractivity contribution in [3.63, 3.8) is 0 Å². The quantitative estimate of drug-likeness (QED) is 0.454. The Kier molecular flexibility index (Phi) is 3.48. The number of hydrogen-bond donors (Lipinski definition) is 0. The smallest absolute Gasteiger partial charge is 0.234 e. The molecule has 0 bridgehead atoms. The number of rotatable bonds is 4. The maximum Gasteiger partial charge on any atom is 0.287 e. The molecule has 1 unspecified atom stereocenters. The van der Waals surface area contributed by atoms with Gasteiger partial charge in [-0.3, -0.25) is 0 Å². The third kappa shape index (κ3) is 2.86. The number of halogens is 5. The van der Waals surface area contributed by atoms with E-state index in [1.807, 2.05) is 0 Å². The van der Waals surface area contributed by atoms with Gasteiger partial charge in [0, 0.05) is 6.42 Å². The highest BCUT2D eigenvalue weighted by atomic mass is 19.3. The Balaban J connectivity index is 4.15. The summed E-state index contributed by atoms with van der Waals surface area (Å²) in [5.41, 5.74) is 0. The van der Waals surface area contributed by atoms with E-state index in [-0.39, 0.29) is 0 Å². The first kappa shape index (κ1) is 10.4. The minimum Gasteiger partial charge on any atom is -0.234 e. The van der Waals surface area contributed by atoms with Crippen LogP contribution in [0.3, 0.4) is 0 Å². The lowest BCUT2D eigenvalue weighted by molar-refractivity contribution is -0.124. The predicted octanol–water partition coefficient (Wildman–Crippen LogP) is 2.80. The van der Waals surface area contributed by atoms with Gasteiger partial charge in [-0.2, -0.15) is 0 Å². The molecule has 1 atom stereocenters. The molecule has 0 aromatic heterocycles.